The summed E-state index contributed by atoms with van der Waals surface area (Å²) in [6, 6.07) is 8.36. The van der Waals surface area contributed by atoms with Crippen LogP contribution in [0.1, 0.15) is 46.7 Å². The standard InChI is InChI=1S/C19H22ClN3O2/c1-12(2)7-9-22-18(24)14-8-10-21-17(11-14)19(25)23-16-6-4-5-15(20)13(16)3/h4-6,8,10-12H,7,9H2,1-3H3,(H,22,24)(H,23,25). The first-order chi connectivity index (χ1) is 11.9. The lowest BCUT2D eigenvalue weighted by Crippen LogP contribution is -2.26. The number of hydrogen-bond acceptors (Lipinski definition) is 3. The van der Waals surface area contributed by atoms with Crippen molar-refractivity contribution in [2.75, 3.05) is 11.9 Å². The molecular formula is C19H22ClN3O2. The topological polar surface area (TPSA) is 71.1 Å². The van der Waals surface area contributed by atoms with Crippen LogP contribution in [-0.4, -0.2) is 23.3 Å². The van der Waals surface area contributed by atoms with Crippen molar-refractivity contribution >= 4 is 29.1 Å². The fraction of sp³-hybridized carbons (Fsp3) is 0.316. The smallest absolute Gasteiger partial charge is 0.274 e. The molecule has 0 radical (unpaired) electrons. The lowest BCUT2D eigenvalue weighted by molar-refractivity contribution is 0.0952. The van der Waals surface area contributed by atoms with E-state index in [1.54, 1.807) is 24.3 Å². The molecule has 2 amide bonds. The molecule has 0 aliphatic heterocycles. The quantitative estimate of drug-likeness (QED) is 0.816. The van der Waals surface area contributed by atoms with E-state index in [2.05, 4.69) is 29.5 Å². The Balaban J connectivity index is 2.08. The van der Waals surface area contributed by atoms with Gasteiger partial charge in [-0.05, 0) is 49.1 Å². The van der Waals surface area contributed by atoms with Crippen LogP contribution in [0.15, 0.2) is 36.5 Å². The molecule has 0 fully saturated rings. The van der Waals surface area contributed by atoms with Crippen molar-refractivity contribution in [1.29, 1.82) is 0 Å². The normalized spacial score (nSPS) is 10.6. The van der Waals surface area contributed by atoms with E-state index in [1.807, 2.05) is 6.92 Å². The van der Waals surface area contributed by atoms with E-state index < -0.39 is 0 Å². The van der Waals surface area contributed by atoms with Crippen LogP contribution in [0, 0.1) is 12.8 Å². The van der Waals surface area contributed by atoms with Gasteiger partial charge in [0, 0.05) is 29.0 Å². The molecule has 0 aliphatic rings. The Bertz CT molecular complexity index is 775. The molecular weight excluding hydrogens is 338 g/mol. The van der Waals surface area contributed by atoms with E-state index >= 15 is 0 Å². The van der Waals surface area contributed by atoms with Crippen LogP contribution >= 0.6 is 11.6 Å². The van der Waals surface area contributed by atoms with Gasteiger partial charge in [-0.1, -0.05) is 31.5 Å². The molecule has 2 aromatic rings. The predicted molar refractivity (Wildman–Crippen MR) is 100 cm³/mol. The highest BCUT2D eigenvalue weighted by Gasteiger charge is 2.13. The molecule has 0 bridgehead atoms. The van der Waals surface area contributed by atoms with Gasteiger partial charge >= 0.3 is 0 Å². The third kappa shape index (κ3) is 5.29. The van der Waals surface area contributed by atoms with Crippen LogP contribution < -0.4 is 10.6 Å². The fourth-order valence-electron chi connectivity index (χ4n) is 2.20. The highest BCUT2D eigenvalue weighted by Crippen LogP contribution is 2.23. The molecule has 0 spiro atoms. The summed E-state index contributed by atoms with van der Waals surface area (Å²) in [5.74, 6) is -0.0850. The van der Waals surface area contributed by atoms with Crippen LogP contribution in [0.5, 0.6) is 0 Å². The zero-order chi connectivity index (χ0) is 18.4. The van der Waals surface area contributed by atoms with Gasteiger partial charge in [0.25, 0.3) is 11.8 Å². The Morgan fingerprint density at radius 3 is 2.68 bits per heavy atom. The van der Waals surface area contributed by atoms with Gasteiger partial charge in [0.2, 0.25) is 0 Å². The fourth-order valence-corrected chi connectivity index (χ4v) is 2.38. The van der Waals surface area contributed by atoms with Crippen LogP contribution in [0.2, 0.25) is 5.02 Å². The molecule has 0 unspecified atom stereocenters. The second-order valence-electron chi connectivity index (χ2n) is 6.23. The van der Waals surface area contributed by atoms with Crippen molar-refractivity contribution in [3.8, 4) is 0 Å². The summed E-state index contributed by atoms with van der Waals surface area (Å²) in [5.41, 5.74) is 1.98. The van der Waals surface area contributed by atoms with Crippen molar-refractivity contribution in [2.45, 2.75) is 27.2 Å². The Kier molecular flexibility index (Phi) is 6.53. The molecule has 25 heavy (non-hydrogen) atoms. The van der Waals surface area contributed by atoms with Gasteiger partial charge in [-0.15, -0.1) is 0 Å². The molecule has 5 nitrogen and oxygen atoms in total. The summed E-state index contributed by atoms with van der Waals surface area (Å²) < 4.78 is 0. The number of carbonyl (C=O) groups is 2. The van der Waals surface area contributed by atoms with Crippen molar-refractivity contribution in [3.63, 3.8) is 0 Å². The van der Waals surface area contributed by atoms with Gasteiger partial charge in [-0.3, -0.25) is 14.6 Å². The minimum atomic E-state index is -0.387. The number of anilines is 1. The second-order valence-corrected chi connectivity index (χ2v) is 6.64. The highest BCUT2D eigenvalue weighted by molar-refractivity contribution is 6.31. The van der Waals surface area contributed by atoms with Crippen LogP contribution in [-0.2, 0) is 0 Å². The summed E-state index contributed by atoms with van der Waals surface area (Å²) in [7, 11) is 0. The van der Waals surface area contributed by atoms with Gasteiger partial charge < -0.3 is 10.6 Å². The molecule has 2 rings (SSSR count). The Morgan fingerprint density at radius 2 is 1.96 bits per heavy atom. The first kappa shape index (κ1) is 18.9. The first-order valence-electron chi connectivity index (χ1n) is 8.19. The maximum atomic E-state index is 12.4. The third-order valence-corrected chi connectivity index (χ3v) is 4.19. The Morgan fingerprint density at radius 1 is 1.20 bits per heavy atom. The van der Waals surface area contributed by atoms with E-state index in [0.29, 0.717) is 28.7 Å². The molecule has 0 saturated heterocycles. The Labute approximate surface area is 152 Å². The van der Waals surface area contributed by atoms with Gasteiger partial charge in [-0.2, -0.15) is 0 Å². The van der Waals surface area contributed by atoms with E-state index in [-0.39, 0.29) is 17.5 Å². The van der Waals surface area contributed by atoms with Crippen molar-refractivity contribution in [2.24, 2.45) is 5.92 Å². The minimum Gasteiger partial charge on any atom is -0.352 e. The first-order valence-corrected chi connectivity index (χ1v) is 8.57. The minimum absolute atomic E-state index is 0.177. The number of aromatic nitrogens is 1. The summed E-state index contributed by atoms with van der Waals surface area (Å²) in [6.45, 7) is 6.61. The number of benzene rings is 1. The third-order valence-electron chi connectivity index (χ3n) is 3.78. The zero-order valence-corrected chi connectivity index (χ0v) is 15.4. The maximum Gasteiger partial charge on any atom is 0.274 e. The predicted octanol–water partition coefficient (Wildman–Crippen LogP) is 4.07. The Hall–Kier alpha value is -2.40. The zero-order valence-electron chi connectivity index (χ0n) is 14.6. The van der Waals surface area contributed by atoms with Crippen molar-refractivity contribution < 1.29 is 9.59 Å². The van der Waals surface area contributed by atoms with Gasteiger partial charge in [0.15, 0.2) is 0 Å². The second kappa shape index (κ2) is 8.62. The number of halogens is 1. The number of pyridine rings is 1. The number of nitrogens with zero attached hydrogens (tertiary/aromatic N) is 1. The molecule has 1 aromatic heterocycles. The largest absolute Gasteiger partial charge is 0.352 e. The maximum absolute atomic E-state index is 12.4. The van der Waals surface area contributed by atoms with E-state index in [1.165, 1.54) is 12.3 Å². The molecule has 0 atom stereocenters. The molecule has 1 aromatic carbocycles. The van der Waals surface area contributed by atoms with Gasteiger partial charge in [0.05, 0.1) is 0 Å². The van der Waals surface area contributed by atoms with Gasteiger partial charge in [-0.25, -0.2) is 0 Å². The number of rotatable bonds is 6. The highest BCUT2D eigenvalue weighted by atomic mass is 35.5. The number of hydrogen-bond donors (Lipinski definition) is 2. The summed E-state index contributed by atoms with van der Waals surface area (Å²) in [4.78, 5) is 28.6. The van der Waals surface area contributed by atoms with E-state index in [4.69, 9.17) is 11.6 Å². The number of nitrogens with one attached hydrogen (secondary N) is 2. The van der Waals surface area contributed by atoms with Crippen LogP contribution in [0.3, 0.4) is 0 Å². The molecule has 6 heteroatoms. The SMILES string of the molecule is Cc1c(Cl)cccc1NC(=O)c1cc(C(=O)NCCC(C)C)ccn1. The number of carbonyl (C=O) groups excluding carboxylic acids is 2. The van der Waals surface area contributed by atoms with Crippen LogP contribution in [0.4, 0.5) is 5.69 Å². The monoisotopic (exact) mass is 359 g/mol. The van der Waals surface area contributed by atoms with Crippen molar-refractivity contribution in [1.82, 2.24) is 10.3 Å². The molecule has 132 valence electrons. The van der Waals surface area contributed by atoms with E-state index in [0.717, 1.165) is 12.0 Å². The summed E-state index contributed by atoms with van der Waals surface area (Å²) in [6.07, 6.45) is 2.36. The van der Waals surface area contributed by atoms with E-state index in [9.17, 15) is 9.59 Å². The van der Waals surface area contributed by atoms with Gasteiger partial charge in [0.1, 0.15) is 5.69 Å². The lowest BCUT2D eigenvalue weighted by Gasteiger charge is -2.10. The van der Waals surface area contributed by atoms with Crippen molar-refractivity contribution in [3.05, 3.63) is 58.4 Å². The lowest BCUT2D eigenvalue weighted by atomic mass is 10.1. The number of amides is 2. The summed E-state index contributed by atoms with van der Waals surface area (Å²) >= 11 is 6.06. The molecule has 0 saturated carbocycles. The average Bonchev–Trinajstić information content (AvgIpc) is 2.58. The average molecular weight is 360 g/mol. The summed E-state index contributed by atoms with van der Waals surface area (Å²) in [5, 5.41) is 6.19. The molecule has 2 N–H and O–H groups in total. The molecule has 1 heterocycles. The van der Waals surface area contributed by atoms with Crippen LogP contribution in [0.25, 0.3) is 0 Å². The molecule has 0 aliphatic carbocycles.